The van der Waals surface area contributed by atoms with Crippen molar-refractivity contribution in [2.75, 3.05) is 11.0 Å². The van der Waals surface area contributed by atoms with Crippen molar-refractivity contribution in [3.63, 3.8) is 0 Å². The van der Waals surface area contributed by atoms with Crippen molar-refractivity contribution in [1.82, 2.24) is 5.32 Å². The van der Waals surface area contributed by atoms with E-state index < -0.39 is 10.0 Å². The van der Waals surface area contributed by atoms with E-state index in [0.29, 0.717) is 11.3 Å². The second-order valence-corrected chi connectivity index (χ2v) is 8.76. The maximum atomic E-state index is 12.8. The molecule has 0 saturated heterocycles. The Hall–Kier alpha value is -3.12. The fourth-order valence-corrected chi connectivity index (χ4v) is 3.93. The van der Waals surface area contributed by atoms with Gasteiger partial charge < -0.3 is 5.32 Å². The van der Waals surface area contributed by atoms with E-state index in [9.17, 15) is 13.2 Å². The molecule has 2 N–H and O–H groups in total. The third-order valence-electron chi connectivity index (χ3n) is 4.63. The van der Waals surface area contributed by atoms with E-state index in [4.69, 9.17) is 0 Å². The monoisotopic (exact) mass is 408 g/mol. The molecule has 1 unspecified atom stereocenters. The summed E-state index contributed by atoms with van der Waals surface area (Å²) in [4.78, 5) is 12.8. The normalized spacial score (nSPS) is 12.4. The van der Waals surface area contributed by atoms with E-state index >= 15 is 0 Å². The van der Waals surface area contributed by atoms with E-state index in [2.05, 4.69) is 34.3 Å². The lowest BCUT2D eigenvalue weighted by molar-refractivity contribution is 0.0937. The zero-order valence-electron chi connectivity index (χ0n) is 16.4. The van der Waals surface area contributed by atoms with Crippen LogP contribution in [0.5, 0.6) is 0 Å². The van der Waals surface area contributed by atoms with Gasteiger partial charge in [0.1, 0.15) is 0 Å². The number of hydrogen-bond donors (Lipinski definition) is 2. The quantitative estimate of drug-likeness (QED) is 0.620. The SMILES string of the molecule is CC(NC(=O)c1ccc(NS(C)(=O)=O)cc1)C(c1ccccc1)c1ccccc1. The third-order valence-corrected chi connectivity index (χ3v) is 5.23. The van der Waals surface area contributed by atoms with Gasteiger partial charge in [-0.2, -0.15) is 0 Å². The van der Waals surface area contributed by atoms with Gasteiger partial charge in [0.15, 0.2) is 0 Å². The summed E-state index contributed by atoms with van der Waals surface area (Å²) in [5, 5.41) is 3.08. The Morgan fingerprint density at radius 1 is 0.793 bits per heavy atom. The molecule has 0 aliphatic heterocycles. The molecule has 6 heteroatoms. The summed E-state index contributed by atoms with van der Waals surface area (Å²) < 4.78 is 25.0. The summed E-state index contributed by atoms with van der Waals surface area (Å²) in [5.74, 6) is -0.201. The van der Waals surface area contributed by atoms with Gasteiger partial charge in [-0.25, -0.2) is 8.42 Å². The van der Waals surface area contributed by atoms with Crippen LogP contribution in [0.1, 0.15) is 34.3 Å². The van der Waals surface area contributed by atoms with Gasteiger partial charge in [0.25, 0.3) is 5.91 Å². The summed E-state index contributed by atoms with van der Waals surface area (Å²) >= 11 is 0. The predicted molar refractivity (Wildman–Crippen MR) is 117 cm³/mol. The Morgan fingerprint density at radius 3 is 1.72 bits per heavy atom. The number of amides is 1. The maximum absolute atomic E-state index is 12.8. The van der Waals surface area contributed by atoms with Gasteiger partial charge in [0.05, 0.1) is 6.26 Å². The molecule has 0 bridgehead atoms. The van der Waals surface area contributed by atoms with Gasteiger partial charge in [-0.15, -0.1) is 0 Å². The van der Waals surface area contributed by atoms with Gasteiger partial charge in [-0.3, -0.25) is 9.52 Å². The number of anilines is 1. The molecular formula is C23H24N2O3S. The summed E-state index contributed by atoms with van der Waals surface area (Å²) in [6, 6.07) is 26.4. The minimum absolute atomic E-state index is 0.00697. The first-order valence-electron chi connectivity index (χ1n) is 9.32. The molecule has 3 aromatic rings. The van der Waals surface area contributed by atoms with Crippen molar-refractivity contribution in [3.05, 3.63) is 102 Å². The molecule has 0 heterocycles. The molecule has 0 saturated carbocycles. The molecule has 29 heavy (non-hydrogen) atoms. The van der Waals surface area contributed by atoms with Crippen molar-refractivity contribution in [3.8, 4) is 0 Å². The van der Waals surface area contributed by atoms with Gasteiger partial charge in [-0.05, 0) is 42.3 Å². The minimum atomic E-state index is -3.35. The third kappa shape index (κ3) is 5.68. The Labute approximate surface area is 171 Å². The minimum Gasteiger partial charge on any atom is -0.349 e. The number of rotatable bonds is 7. The lowest BCUT2D eigenvalue weighted by Crippen LogP contribution is -2.37. The molecule has 3 rings (SSSR count). The van der Waals surface area contributed by atoms with Crippen molar-refractivity contribution in [1.29, 1.82) is 0 Å². The number of carbonyl (C=O) groups is 1. The van der Waals surface area contributed by atoms with Gasteiger partial charge in [-0.1, -0.05) is 60.7 Å². The molecule has 3 aromatic carbocycles. The van der Waals surface area contributed by atoms with Crippen LogP contribution in [-0.4, -0.2) is 26.6 Å². The molecule has 0 aliphatic carbocycles. The molecule has 0 radical (unpaired) electrons. The van der Waals surface area contributed by atoms with Gasteiger partial charge in [0, 0.05) is 23.2 Å². The second-order valence-electron chi connectivity index (χ2n) is 7.01. The highest BCUT2D eigenvalue weighted by Gasteiger charge is 2.23. The highest BCUT2D eigenvalue weighted by atomic mass is 32.2. The van der Waals surface area contributed by atoms with Crippen LogP contribution >= 0.6 is 0 Å². The van der Waals surface area contributed by atoms with E-state index in [-0.39, 0.29) is 17.9 Å². The number of hydrogen-bond acceptors (Lipinski definition) is 3. The van der Waals surface area contributed by atoms with Crippen molar-refractivity contribution in [2.24, 2.45) is 0 Å². The van der Waals surface area contributed by atoms with Crippen molar-refractivity contribution in [2.45, 2.75) is 18.9 Å². The Morgan fingerprint density at radius 2 is 1.28 bits per heavy atom. The van der Waals surface area contributed by atoms with Crippen LogP contribution in [-0.2, 0) is 10.0 Å². The summed E-state index contributed by atoms with van der Waals surface area (Å²) in [6.45, 7) is 1.99. The molecule has 0 fully saturated rings. The fraction of sp³-hybridized carbons (Fsp3) is 0.174. The molecule has 0 aromatic heterocycles. The number of nitrogens with one attached hydrogen (secondary N) is 2. The standard InChI is InChI=1S/C23H24N2O3S/c1-17(22(18-9-5-3-6-10-18)19-11-7-4-8-12-19)24-23(26)20-13-15-21(16-14-20)25-29(2,27)28/h3-17,22,25H,1-2H3,(H,24,26). The number of sulfonamides is 1. The first-order chi connectivity index (χ1) is 13.8. The Kier molecular flexibility index (Phi) is 6.34. The van der Waals surface area contributed by atoms with Crippen LogP contribution in [0.25, 0.3) is 0 Å². The maximum Gasteiger partial charge on any atom is 0.251 e. The predicted octanol–water partition coefficient (Wildman–Crippen LogP) is 4.01. The fourth-order valence-electron chi connectivity index (χ4n) is 3.37. The average Bonchev–Trinajstić information content (AvgIpc) is 2.69. The highest BCUT2D eigenvalue weighted by Crippen LogP contribution is 2.28. The molecule has 0 aliphatic rings. The second kappa shape index (κ2) is 8.92. The lowest BCUT2D eigenvalue weighted by Gasteiger charge is -2.26. The Bertz CT molecular complexity index is 1010. The zero-order valence-corrected chi connectivity index (χ0v) is 17.2. The summed E-state index contributed by atoms with van der Waals surface area (Å²) in [7, 11) is -3.35. The lowest BCUT2D eigenvalue weighted by atomic mass is 9.85. The molecule has 1 atom stereocenters. The Balaban J connectivity index is 1.79. The highest BCUT2D eigenvalue weighted by molar-refractivity contribution is 7.92. The first kappa shape index (κ1) is 20.6. The number of benzene rings is 3. The van der Waals surface area contributed by atoms with Crippen LogP contribution < -0.4 is 10.0 Å². The van der Waals surface area contributed by atoms with E-state index in [1.807, 2.05) is 43.3 Å². The van der Waals surface area contributed by atoms with Gasteiger partial charge >= 0.3 is 0 Å². The smallest absolute Gasteiger partial charge is 0.251 e. The molecule has 1 amide bonds. The number of carbonyl (C=O) groups excluding carboxylic acids is 1. The molecule has 5 nitrogen and oxygen atoms in total. The van der Waals surface area contributed by atoms with E-state index in [1.165, 1.54) is 0 Å². The van der Waals surface area contributed by atoms with Crippen LogP contribution in [0, 0.1) is 0 Å². The van der Waals surface area contributed by atoms with E-state index in [0.717, 1.165) is 17.4 Å². The summed E-state index contributed by atoms with van der Waals surface area (Å²) in [6.07, 6.45) is 1.09. The van der Waals surface area contributed by atoms with Gasteiger partial charge in [0.2, 0.25) is 10.0 Å². The van der Waals surface area contributed by atoms with Crippen LogP contribution in [0.15, 0.2) is 84.9 Å². The van der Waals surface area contributed by atoms with Crippen LogP contribution in [0.4, 0.5) is 5.69 Å². The molecule has 150 valence electrons. The zero-order chi connectivity index (χ0) is 20.9. The largest absolute Gasteiger partial charge is 0.349 e. The molecule has 0 spiro atoms. The van der Waals surface area contributed by atoms with E-state index in [1.54, 1.807) is 24.3 Å². The molecular weight excluding hydrogens is 384 g/mol. The first-order valence-corrected chi connectivity index (χ1v) is 11.2. The van der Waals surface area contributed by atoms with Crippen LogP contribution in [0.2, 0.25) is 0 Å². The van der Waals surface area contributed by atoms with Crippen LogP contribution in [0.3, 0.4) is 0 Å². The average molecular weight is 409 g/mol. The van der Waals surface area contributed by atoms with Crippen molar-refractivity contribution >= 4 is 21.6 Å². The van der Waals surface area contributed by atoms with Crippen molar-refractivity contribution < 1.29 is 13.2 Å². The topological polar surface area (TPSA) is 75.3 Å². The summed E-state index contributed by atoms with van der Waals surface area (Å²) in [5.41, 5.74) is 3.14.